The number of para-hydroxylation sites is 1. The number of aryl methyl sites for hydroxylation is 1. The Bertz CT molecular complexity index is 1080. The van der Waals surface area contributed by atoms with E-state index in [0.29, 0.717) is 5.75 Å². The van der Waals surface area contributed by atoms with E-state index < -0.39 is 15.5 Å². The minimum absolute atomic E-state index is 0.0800. The number of nitrogens with zero attached hydrogens (tertiary/aromatic N) is 3. The van der Waals surface area contributed by atoms with Crippen LogP contribution >= 0.6 is 0 Å². The summed E-state index contributed by atoms with van der Waals surface area (Å²) >= 11 is 0. The first-order valence-corrected chi connectivity index (χ1v) is 8.24. The van der Waals surface area contributed by atoms with Crippen LogP contribution in [-0.2, 0) is 0 Å². The second-order valence-electron chi connectivity index (χ2n) is 5.89. The van der Waals surface area contributed by atoms with Crippen molar-refractivity contribution in [2.24, 2.45) is 4.99 Å². The fourth-order valence-corrected chi connectivity index (χ4v) is 2.49. The molecule has 28 heavy (non-hydrogen) atoms. The summed E-state index contributed by atoms with van der Waals surface area (Å²) in [6.07, 6.45) is 1.67. The molecule has 0 bridgehead atoms. The third-order valence-corrected chi connectivity index (χ3v) is 3.90. The number of nitro benzene ring substituents is 2. The van der Waals surface area contributed by atoms with Gasteiger partial charge >= 0.3 is 5.69 Å². The number of ether oxygens (including phenoxy) is 1. The third kappa shape index (κ3) is 4.36. The van der Waals surface area contributed by atoms with Gasteiger partial charge in [-0.3, -0.25) is 25.2 Å². The molecule has 0 saturated carbocycles. The van der Waals surface area contributed by atoms with E-state index in [1.54, 1.807) is 24.4 Å². The van der Waals surface area contributed by atoms with Crippen LogP contribution in [-0.4, -0.2) is 16.1 Å². The third-order valence-electron chi connectivity index (χ3n) is 3.90. The zero-order chi connectivity index (χ0) is 20.1. The maximum absolute atomic E-state index is 11.2. The van der Waals surface area contributed by atoms with Crippen LogP contribution in [0.2, 0.25) is 0 Å². The van der Waals surface area contributed by atoms with Crippen molar-refractivity contribution in [3.63, 3.8) is 0 Å². The normalized spacial score (nSPS) is 10.8. The molecule has 3 aromatic rings. The van der Waals surface area contributed by atoms with E-state index in [2.05, 4.69) is 4.99 Å². The summed E-state index contributed by atoms with van der Waals surface area (Å²) < 4.78 is 5.60. The highest BCUT2D eigenvalue weighted by Gasteiger charge is 2.21. The van der Waals surface area contributed by atoms with Crippen molar-refractivity contribution in [2.45, 2.75) is 6.92 Å². The second kappa shape index (κ2) is 8.09. The molecule has 0 atom stereocenters. The average Bonchev–Trinajstić information content (AvgIpc) is 2.67. The highest BCUT2D eigenvalue weighted by molar-refractivity contribution is 5.82. The van der Waals surface area contributed by atoms with Crippen molar-refractivity contribution in [1.82, 2.24) is 0 Å². The van der Waals surface area contributed by atoms with Gasteiger partial charge in [-0.2, -0.15) is 0 Å². The second-order valence-corrected chi connectivity index (χ2v) is 5.89. The Hall–Kier alpha value is -4.07. The van der Waals surface area contributed by atoms with Gasteiger partial charge in [0.25, 0.3) is 5.69 Å². The fraction of sp³-hybridized carbons (Fsp3) is 0.0500. The standard InChI is InChI=1S/C20H15N3O5/c1-14-5-2-3-8-18(14)21-13-15-6-4-7-17(11-15)28-20-10-9-16(22(24)25)12-19(20)23(26)27/h2-13H,1H3. The molecule has 8 nitrogen and oxygen atoms in total. The number of hydrogen-bond donors (Lipinski definition) is 0. The van der Waals surface area contributed by atoms with Crippen LogP contribution in [0.3, 0.4) is 0 Å². The summed E-state index contributed by atoms with van der Waals surface area (Å²) in [7, 11) is 0. The number of aliphatic imine (C=N–C) groups is 1. The first-order valence-electron chi connectivity index (χ1n) is 8.24. The highest BCUT2D eigenvalue weighted by Crippen LogP contribution is 2.34. The molecule has 0 saturated heterocycles. The SMILES string of the molecule is Cc1ccccc1N=Cc1cccc(Oc2ccc([N+](=O)[O-])cc2[N+](=O)[O-])c1. The Labute approximate surface area is 160 Å². The molecule has 0 spiro atoms. The van der Waals surface area contributed by atoms with Crippen LogP contribution in [0.4, 0.5) is 17.1 Å². The molecule has 0 radical (unpaired) electrons. The predicted molar refractivity (Wildman–Crippen MR) is 105 cm³/mol. The summed E-state index contributed by atoms with van der Waals surface area (Å²) in [6, 6.07) is 17.8. The minimum atomic E-state index is -0.716. The Balaban J connectivity index is 1.86. The van der Waals surface area contributed by atoms with E-state index >= 15 is 0 Å². The molecule has 0 unspecified atom stereocenters. The average molecular weight is 377 g/mol. The van der Waals surface area contributed by atoms with Gasteiger partial charge in [0.15, 0.2) is 0 Å². The van der Waals surface area contributed by atoms with Gasteiger partial charge in [0.1, 0.15) is 5.75 Å². The topological polar surface area (TPSA) is 108 Å². The van der Waals surface area contributed by atoms with Crippen LogP contribution in [0.25, 0.3) is 0 Å². The van der Waals surface area contributed by atoms with Gasteiger partial charge in [-0.15, -0.1) is 0 Å². The number of benzene rings is 3. The predicted octanol–water partition coefficient (Wildman–Crippen LogP) is 5.35. The molecular formula is C20H15N3O5. The van der Waals surface area contributed by atoms with Gasteiger partial charge in [0.05, 0.1) is 21.6 Å². The van der Waals surface area contributed by atoms with Crippen molar-refractivity contribution < 1.29 is 14.6 Å². The summed E-state index contributed by atoms with van der Waals surface area (Å²) in [4.78, 5) is 25.1. The zero-order valence-electron chi connectivity index (χ0n) is 14.8. The molecule has 140 valence electrons. The van der Waals surface area contributed by atoms with E-state index in [1.165, 1.54) is 6.07 Å². The molecule has 3 aromatic carbocycles. The maximum atomic E-state index is 11.2. The molecular weight excluding hydrogens is 362 g/mol. The Kier molecular flexibility index (Phi) is 5.40. The van der Waals surface area contributed by atoms with E-state index in [1.807, 2.05) is 37.3 Å². The van der Waals surface area contributed by atoms with Crippen molar-refractivity contribution in [1.29, 1.82) is 0 Å². The summed E-state index contributed by atoms with van der Waals surface area (Å²) in [5, 5.41) is 22.1. The van der Waals surface area contributed by atoms with Crippen molar-refractivity contribution in [3.05, 3.63) is 98.1 Å². The molecule has 0 fully saturated rings. The van der Waals surface area contributed by atoms with Gasteiger partial charge in [-0.25, -0.2) is 0 Å². The smallest absolute Gasteiger partial charge is 0.318 e. The molecule has 0 aliphatic carbocycles. The lowest BCUT2D eigenvalue weighted by Gasteiger charge is -2.07. The zero-order valence-corrected chi connectivity index (χ0v) is 14.8. The van der Waals surface area contributed by atoms with E-state index in [-0.39, 0.29) is 11.4 Å². The van der Waals surface area contributed by atoms with Gasteiger partial charge in [0, 0.05) is 12.3 Å². The monoisotopic (exact) mass is 377 g/mol. The minimum Gasteiger partial charge on any atom is -0.450 e. The van der Waals surface area contributed by atoms with Crippen LogP contribution in [0.15, 0.2) is 71.7 Å². The first kappa shape index (κ1) is 18.7. The number of non-ortho nitro benzene ring substituents is 1. The lowest BCUT2D eigenvalue weighted by Crippen LogP contribution is -1.96. The van der Waals surface area contributed by atoms with Crippen molar-refractivity contribution in [3.8, 4) is 11.5 Å². The van der Waals surface area contributed by atoms with Gasteiger partial charge in [-0.1, -0.05) is 30.3 Å². The molecule has 0 aliphatic heterocycles. The molecule has 3 rings (SSSR count). The molecule has 0 aromatic heterocycles. The Morgan fingerprint density at radius 1 is 0.929 bits per heavy atom. The van der Waals surface area contributed by atoms with E-state index in [4.69, 9.17) is 4.74 Å². The summed E-state index contributed by atoms with van der Waals surface area (Å²) in [6.45, 7) is 1.96. The summed E-state index contributed by atoms with van der Waals surface area (Å²) in [5.41, 5.74) is 1.75. The quantitative estimate of drug-likeness (QED) is 0.327. The summed E-state index contributed by atoms with van der Waals surface area (Å²) in [5.74, 6) is 0.272. The molecule has 0 aliphatic rings. The fourth-order valence-electron chi connectivity index (χ4n) is 2.49. The maximum Gasteiger partial charge on any atom is 0.318 e. The van der Waals surface area contributed by atoms with Crippen LogP contribution in [0.5, 0.6) is 11.5 Å². The molecule has 0 amide bonds. The Morgan fingerprint density at radius 2 is 1.71 bits per heavy atom. The molecule has 0 heterocycles. The van der Waals surface area contributed by atoms with Crippen LogP contribution < -0.4 is 4.74 Å². The Morgan fingerprint density at radius 3 is 2.43 bits per heavy atom. The van der Waals surface area contributed by atoms with E-state index in [0.717, 1.165) is 28.9 Å². The number of hydrogen-bond acceptors (Lipinski definition) is 6. The van der Waals surface area contributed by atoms with Crippen molar-refractivity contribution >= 4 is 23.3 Å². The van der Waals surface area contributed by atoms with Gasteiger partial charge in [-0.05, 0) is 42.3 Å². The molecule has 8 heteroatoms. The lowest BCUT2D eigenvalue weighted by molar-refractivity contribution is -0.394. The lowest BCUT2D eigenvalue weighted by atomic mass is 10.2. The number of nitro groups is 2. The molecule has 0 N–H and O–H groups in total. The highest BCUT2D eigenvalue weighted by atomic mass is 16.6. The van der Waals surface area contributed by atoms with Gasteiger partial charge < -0.3 is 4.74 Å². The largest absolute Gasteiger partial charge is 0.450 e. The van der Waals surface area contributed by atoms with Crippen LogP contribution in [0.1, 0.15) is 11.1 Å². The van der Waals surface area contributed by atoms with Crippen molar-refractivity contribution in [2.75, 3.05) is 0 Å². The van der Waals surface area contributed by atoms with Crippen LogP contribution in [0, 0.1) is 27.2 Å². The van der Waals surface area contributed by atoms with E-state index in [9.17, 15) is 20.2 Å². The van der Waals surface area contributed by atoms with Gasteiger partial charge in [0.2, 0.25) is 5.75 Å². The first-order chi connectivity index (χ1) is 13.4. The number of rotatable bonds is 6.